The number of rotatable bonds is 4. The molecule has 3 heteroatoms. The van der Waals surface area contributed by atoms with E-state index in [2.05, 4.69) is 30.9 Å². The first-order valence-corrected chi connectivity index (χ1v) is 7.77. The quantitative estimate of drug-likeness (QED) is 0.491. The summed E-state index contributed by atoms with van der Waals surface area (Å²) < 4.78 is 37.4. The summed E-state index contributed by atoms with van der Waals surface area (Å²) >= 11 is 0. The van der Waals surface area contributed by atoms with Crippen LogP contribution in [0, 0.1) is 11.8 Å². The standard InChI is InChI=1S/C20H19F3/c1-2-3-4-5-16-6-8-17(9-7-16)10-11-18-12-14-19(15-13-18)20(21,22)23/h6-9,12-15H,2-5H2,1H3. The molecular weight excluding hydrogens is 297 g/mol. The molecule has 0 aliphatic carbocycles. The molecule has 120 valence electrons. The average molecular weight is 316 g/mol. The molecule has 0 atom stereocenters. The second kappa shape index (κ2) is 7.87. The third kappa shape index (κ3) is 5.49. The molecule has 0 aromatic heterocycles. The normalized spacial score (nSPS) is 11.0. The fraction of sp³-hybridized carbons (Fsp3) is 0.300. The Hall–Kier alpha value is -2.21. The first kappa shape index (κ1) is 17.1. The van der Waals surface area contributed by atoms with Crippen LogP contribution in [0.25, 0.3) is 0 Å². The van der Waals surface area contributed by atoms with Crippen molar-refractivity contribution in [2.24, 2.45) is 0 Å². The summed E-state index contributed by atoms with van der Waals surface area (Å²) in [6, 6.07) is 12.9. The Bertz CT molecular complexity index is 668. The second-order valence-corrected chi connectivity index (χ2v) is 5.48. The Morgan fingerprint density at radius 2 is 1.30 bits per heavy atom. The van der Waals surface area contributed by atoms with E-state index in [9.17, 15) is 13.2 Å². The smallest absolute Gasteiger partial charge is 0.166 e. The maximum atomic E-state index is 12.5. The van der Waals surface area contributed by atoms with E-state index in [1.54, 1.807) is 0 Å². The molecule has 0 nitrogen and oxygen atoms in total. The topological polar surface area (TPSA) is 0 Å². The molecule has 23 heavy (non-hydrogen) atoms. The minimum absolute atomic E-state index is 0.574. The number of hydrogen-bond donors (Lipinski definition) is 0. The number of aryl methyl sites for hydroxylation is 1. The van der Waals surface area contributed by atoms with Crippen molar-refractivity contribution in [3.8, 4) is 11.8 Å². The summed E-state index contributed by atoms with van der Waals surface area (Å²) in [5.41, 5.74) is 2.08. The summed E-state index contributed by atoms with van der Waals surface area (Å²) in [6.45, 7) is 2.18. The third-order valence-electron chi connectivity index (χ3n) is 3.59. The molecule has 0 aliphatic rings. The minimum atomic E-state index is -4.31. The Morgan fingerprint density at radius 3 is 1.78 bits per heavy atom. The van der Waals surface area contributed by atoms with Crippen molar-refractivity contribution in [3.05, 3.63) is 70.8 Å². The van der Waals surface area contributed by atoms with Gasteiger partial charge in [-0.25, -0.2) is 0 Å². The summed E-state index contributed by atoms with van der Waals surface area (Å²) in [4.78, 5) is 0. The highest BCUT2D eigenvalue weighted by Crippen LogP contribution is 2.28. The van der Waals surface area contributed by atoms with Gasteiger partial charge in [0.2, 0.25) is 0 Å². The van der Waals surface area contributed by atoms with Crippen molar-refractivity contribution in [2.45, 2.75) is 38.8 Å². The largest absolute Gasteiger partial charge is 0.416 e. The molecule has 0 spiro atoms. The molecule has 0 aliphatic heterocycles. The van der Waals surface area contributed by atoms with Crippen LogP contribution in [0.2, 0.25) is 0 Å². The van der Waals surface area contributed by atoms with Gasteiger partial charge in [0.15, 0.2) is 0 Å². The molecular formula is C20H19F3. The van der Waals surface area contributed by atoms with E-state index < -0.39 is 11.7 Å². The highest BCUT2D eigenvalue weighted by Gasteiger charge is 2.29. The maximum absolute atomic E-state index is 12.5. The van der Waals surface area contributed by atoms with E-state index in [0.29, 0.717) is 5.56 Å². The lowest BCUT2D eigenvalue weighted by Gasteiger charge is -2.05. The molecule has 2 aromatic carbocycles. The van der Waals surface area contributed by atoms with Crippen molar-refractivity contribution in [1.82, 2.24) is 0 Å². The predicted octanol–water partition coefficient (Wildman–Crippen LogP) is 5.84. The molecule has 0 N–H and O–H groups in total. The Kier molecular flexibility index (Phi) is 5.87. The lowest BCUT2D eigenvalue weighted by Crippen LogP contribution is -2.04. The minimum Gasteiger partial charge on any atom is -0.166 e. The zero-order valence-corrected chi connectivity index (χ0v) is 13.1. The van der Waals surface area contributed by atoms with Crippen LogP contribution in [0.4, 0.5) is 13.2 Å². The predicted molar refractivity (Wildman–Crippen MR) is 87.1 cm³/mol. The monoisotopic (exact) mass is 316 g/mol. The van der Waals surface area contributed by atoms with Crippen LogP contribution in [0.15, 0.2) is 48.5 Å². The molecule has 2 aromatic rings. The fourth-order valence-corrected chi connectivity index (χ4v) is 2.22. The first-order chi connectivity index (χ1) is 11.0. The van der Waals surface area contributed by atoms with Gasteiger partial charge in [-0.15, -0.1) is 0 Å². The number of unbranched alkanes of at least 4 members (excludes halogenated alkanes) is 2. The highest BCUT2D eigenvalue weighted by atomic mass is 19.4. The third-order valence-corrected chi connectivity index (χ3v) is 3.59. The molecule has 0 saturated carbocycles. The number of halogens is 3. The van der Waals surface area contributed by atoms with Gasteiger partial charge in [0.1, 0.15) is 0 Å². The molecule has 0 unspecified atom stereocenters. The van der Waals surface area contributed by atoms with Crippen LogP contribution in [0.5, 0.6) is 0 Å². The SMILES string of the molecule is CCCCCc1ccc(C#Cc2ccc(C(F)(F)F)cc2)cc1. The van der Waals surface area contributed by atoms with Crippen molar-refractivity contribution >= 4 is 0 Å². The second-order valence-electron chi connectivity index (χ2n) is 5.48. The first-order valence-electron chi connectivity index (χ1n) is 7.77. The zero-order chi connectivity index (χ0) is 16.7. The van der Waals surface area contributed by atoms with Crippen molar-refractivity contribution in [3.63, 3.8) is 0 Å². The van der Waals surface area contributed by atoms with Gasteiger partial charge in [0.25, 0.3) is 0 Å². The average Bonchev–Trinajstić information content (AvgIpc) is 2.54. The van der Waals surface area contributed by atoms with E-state index in [0.717, 1.165) is 24.1 Å². The Labute approximate surface area is 135 Å². The maximum Gasteiger partial charge on any atom is 0.416 e. The van der Waals surface area contributed by atoms with Crippen LogP contribution in [0.1, 0.15) is 48.4 Å². The van der Waals surface area contributed by atoms with Crippen LogP contribution in [-0.2, 0) is 12.6 Å². The zero-order valence-electron chi connectivity index (χ0n) is 13.1. The molecule has 0 fully saturated rings. The molecule has 0 amide bonds. The van der Waals surface area contributed by atoms with E-state index >= 15 is 0 Å². The number of alkyl halides is 3. The van der Waals surface area contributed by atoms with E-state index in [-0.39, 0.29) is 0 Å². The molecule has 2 rings (SSSR count). The Morgan fingerprint density at radius 1 is 0.783 bits per heavy atom. The summed E-state index contributed by atoms with van der Waals surface area (Å²) in [7, 11) is 0. The van der Waals surface area contributed by atoms with Gasteiger partial charge in [-0.2, -0.15) is 13.2 Å². The van der Waals surface area contributed by atoms with Crippen LogP contribution >= 0.6 is 0 Å². The van der Waals surface area contributed by atoms with E-state index in [1.807, 2.05) is 12.1 Å². The van der Waals surface area contributed by atoms with Crippen LogP contribution < -0.4 is 0 Å². The molecule has 0 radical (unpaired) electrons. The highest BCUT2D eigenvalue weighted by molar-refractivity contribution is 5.44. The summed E-state index contributed by atoms with van der Waals surface area (Å²) in [5, 5.41) is 0. The van der Waals surface area contributed by atoms with Gasteiger partial charge in [0, 0.05) is 11.1 Å². The van der Waals surface area contributed by atoms with Gasteiger partial charge in [-0.05, 0) is 54.8 Å². The van der Waals surface area contributed by atoms with Gasteiger partial charge in [0.05, 0.1) is 5.56 Å². The van der Waals surface area contributed by atoms with Gasteiger partial charge in [-0.3, -0.25) is 0 Å². The molecule has 0 heterocycles. The van der Waals surface area contributed by atoms with Crippen LogP contribution in [0.3, 0.4) is 0 Å². The lowest BCUT2D eigenvalue weighted by atomic mass is 10.1. The molecule has 0 bridgehead atoms. The fourth-order valence-electron chi connectivity index (χ4n) is 2.22. The number of benzene rings is 2. The van der Waals surface area contributed by atoms with E-state index in [4.69, 9.17) is 0 Å². The summed E-state index contributed by atoms with van der Waals surface area (Å²) in [6.07, 6.45) is 0.388. The Balaban J connectivity index is 2.01. The van der Waals surface area contributed by atoms with Gasteiger partial charge < -0.3 is 0 Å². The van der Waals surface area contributed by atoms with Gasteiger partial charge in [-0.1, -0.05) is 43.7 Å². The number of hydrogen-bond acceptors (Lipinski definition) is 0. The summed E-state index contributed by atoms with van der Waals surface area (Å²) in [5.74, 6) is 5.88. The van der Waals surface area contributed by atoms with Crippen molar-refractivity contribution in [2.75, 3.05) is 0 Å². The molecule has 0 saturated heterocycles. The van der Waals surface area contributed by atoms with E-state index in [1.165, 1.54) is 37.0 Å². The van der Waals surface area contributed by atoms with Crippen LogP contribution in [-0.4, -0.2) is 0 Å². The van der Waals surface area contributed by atoms with Gasteiger partial charge >= 0.3 is 6.18 Å². The van der Waals surface area contributed by atoms with Crippen molar-refractivity contribution in [1.29, 1.82) is 0 Å². The lowest BCUT2D eigenvalue weighted by molar-refractivity contribution is -0.137. The van der Waals surface area contributed by atoms with Crippen molar-refractivity contribution < 1.29 is 13.2 Å².